The van der Waals surface area contributed by atoms with Gasteiger partial charge in [0.15, 0.2) is 28.8 Å². The highest BCUT2D eigenvalue weighted by Crippen LogP contribution is 2.29. The number of unbranched alkanes of at least 4 members (excludes halogenated alkanes) is 2. The highest BCUT2D eigenvalue weighted by atomic mass is 32.1. The third-order valence-corrected chi connectivity index (χ3v) is 6.56. The Morgan fingerprint density at radius 1 is 0.892 bits per heavy atom. The number of methoxy groups -OCH3 is 2. The predicted molar refractivity (Wildman–Crippen MR) is 147 cm³/mol. The maximum atomic E-state index is 13.0. The van der Waals surface area contributed by atoms with E-state index in [-0.39, 0.29) is 5.56 Å². The minimum absolute atomic E-state index is 0.212. The zero-order valence-corrected chi connectivity index (χ0v) is 22.3. The largest absolute Gasteiger partial charge is 0.493 e. The third-order valence-electron chi connectivity index (χ3n) is 5.60. The molecule has 2 aromatic heterocycles. The molecule has 0 aliphatic carbocycles. The minimum Gasteiger partial charge on any atom is -0.493 e. The lowest BCUT2D eigenvalue weighted by atomic mass is 10.2. The van der Waals surface area contributed by atoms with Crippen molar-refractivity contribution >= 4 is 34.5 Å². The van der Waals surface area contributed by atoms with Crippen molar-refractivity contribution in [3.05, 3.63) is 68.2 Å². The van der Waals surface area contributed by atoms with E-state index >= 15 is 0 Å². The van der Waals surface area contributed by atoms with Gasteiger partial charge >= 0.3 is 0 Å². The Morgan fingerprint density at radius 3 is 2.38 bits per heavy atom. The summed E-state index contributed by atoms with van der Waals surface area (Å²) in [5.41, 5.74) is 1.53. The van der Waals surface area contributed by atoms with Crippen LogP contribution in [-0.2, 0) is 0 Å². The van der Waals surface area contributed by atoms with Crippen LogP contribution in [0.1, 0.15) is 50.1 Å². The molecule has 4 aromatic rings. The Hall–Kier alpha value is -3.85. The standard InChI is InChI=1S/C28H31N3O5S/c1-5-7-8-15-36-22-13-10-20(17-24(22)35-6-2)18-25-27(32)31-28(37-25)29-26(30-31)14-11-19-9-12-21(33-3)23(16-19)34-4/h9-14,16-18H,5-8,15H2,1-4H3. The van der Waals surface area contributed by atoms with Gasteiger partial charge in [-0.3, -0.25) is 4.79 Å². The smallest absolute Gasteiger partial charge is 0.291 e. The van der Waals surface area contributed by atoms with Gasteiger partial charge in [-0.2, -0.15) is 9.50 Å². The molecule has 0 atom stereocenters. The van der Waals surface area contributed by atoms with Crippen molar-refractivity contribution < 1.29 is 18.9 Å². The van der Waals surface area contributed by atoms with Crippen molar-refractivity contribution in [3.63, 3.8) is 0 Å². The fourth-order valence-electron chi connectivity index (χ4n) is 3.73. The van der Waals surface area contributed by atoms with Crippen molar-refractivity contribution in [2.45, 2.75) is 33.1 Å². The van der Waals surface area contributed by atoms with Crippen LogP contribution in [-0.4, -0.2) is 42.0 Å². The molecule has 2 aromatic carbocycles. The van der Waals surface area contributed by atoms with Crippen molar-refractivity contribution in [3.8, 4) is 23.0 Å². The lowest BCUT2D eigenvalue weighted by Crippen LogP contribution is -2.23. The van der Waals surface area contributed by atoms with Gasteiger partial charge in [0.25, 0.3) is 5.56 Å². The molecule has 194 valence electrons. The lowest BCUT2D eigenvalue weighted by Gasteiger charge is -2.12. The Kier molecular flexibility index (Phi) is 8.79. The van der Waals surface area contributed by atoms with E-state index in [1.54, 1.807) is 20.3 Å². The molecule has 4 rings (SSSR count). The first-order chi connectivity index (χ1) is 18.1. The van der Waals surface area contributed by atoms with Gasteiger partial charge in [0.2, 0.25) is 4.96 Å². The van der Waals surface area contributed by atoms with Gasteiger partial charge in [0, 0.05) is 0 Å². The van der Waals surface area contributed by atoms with Crippen LogP contribution in [0.4, 0.5) is 0 Å². The minimum atomic E-state index is -0.212. The van der Waals surface area contributed by atoms with E-state index in [1.807, 2.05) is 55.5 Å². The Balaban J connectivity index is 1.55. The van der Waals surface area contributed by atoms with Crippen LogP contribution in [0.5, 0.6) is 23.0 Å². The monoisotopic (exact) mass is 521 g/mol. The van der Waals surface area contributed by atoms with Crippen LogP contribution in [0.2, 0.25) is 0 Å². The normalized spacial score (nSPS) is 11.9. The summed E-state index contributed by atoms with van der Waals surface area (Å²) >= 11 is 1.29. The average molecular weight is 522 g/mol. The first-order valence-corrected chi connectivity index (χ1v) is 13.1. The number of aromatic nitrogens is 3. The number of fused-ring (bicyclic) bond motifs is 1. The molecular weight excluding hydrogens is 490 g/mol. The van der Waals surface area contributed by atoms with Crippen LogP contribution in [0.25, 0.3) is 23.2 Å². The first-order valence-electron chi connectivity index (χ1n) is 12.3. The highest BCUT2D eigenvalue weighted by molar-refractivity contribution is 7.15. The summed E-state index contributed by atoms with van der Waals surface area (Å²) < 4.78 is 24.2. The second kappa shape index (κ2) is 12.4. The summed E-state index contributed by atoms with van der Waals surface area (Å²) in [6, 6.07) is 11.3. The maximum absolute atomic E-state index is 13.0. The topological polar surface area (TPSA) is 84.2 Å². The van der Waals surface area contributed by atoms with E-state index in [4.69, 9.17) is 18.9 Å². The molecule has 0 radical (unpaired) electrons. The summed E-state index contributed by atoms with van der Waals surface area (Å²) in [5, 5.41) is 4.37. The van der Waals surface area contributed by atoms with E-state index in [0.717, 1.165) is 30.4 Å². The van der Waals surface area contributed by atoms with E-state index < -0.39 is 0 Å². The van der Waals surface area contributed by atoms with Crippen molar-refractivity contribution in [1.82, 2.24) is 14.6 Å². The molecule has 0 spiro atoms. The molecule has 0 saturated carbocycles. The van der Waals surface area contributed by atoms with Gasteiger partial charge < -0.3 is 18.9 Å². The molecule has 0 bridgehead atoms. The first kappa shape index (κ1) is 26.2. The van der Waals surface area contributed by atoms with Crippen LogP contribution in [0, 0.1) is 0 Å². The van der Waals surface area contributed by atoms with Gasteiger partial charge in [0.05, 0.1) is 32.0 Å². The van der Waals surface area contributed by atoms with Gasteiger partial charge in [-0.15, -0.1) is 5.10 Å². The number of hydrogen-bond donors (Lipinski definition) is 0. The SMILES string of the molecule is CCCCCOc1ccc(C=c2sc3nc(C=Cc4ccc(OC)c(OC)c4)nn3c2=O)cc1OCC. The molecule has 0 unspecified atom stereocenters. The van der Waals surface area contributed by atoms with Gasteiger partial charge in [0.1, 0.15) is 0 Å². The van der Waals surface area contributed by atoms with Crippen LogP contribution in [0.15, 0.2) is 41.2 Å². The Labute approximate surface area is 219 Å². The molecule has 0 aliphatic rings. The molecule has 0 amide bonds. The summed E-state index contributed by atoms with van der Waals surface area (Å²) in [6.07, 6.45) is 8.72. The number of rotatable bonds is 12. The van der Waals surface area contributed by atoms with Crippen molar-refractivity contribution in [1.29, 1.82) is 0 Å². The lowest BCUT2D eigenvalue weighted by molar-refractivity contribution is 0.271. The molecule has 0 N–H and O–H groups in total. The van der Waals surface area contributed by atoms with E-state index in [2.05, 4.69) is 17.0 Å². The fraction of sp³-hybridized carbons (Fsp3) is 0.321. The average Bonchev–Trinajstić information content (AvgIpc) is 3.44. The second-order valence-electron chi connectivity index (χ2n) is 8.22. The van der Waals surface area contributed by atoms with E-state index in [0.29, 0.717) is 51.5 Å². The van der Waals surface area contributed by atoms with Gasteiger partial charge in [-0.25, -0.2) is 0 Å². The molecule has 37 heavy (non-hydrogen) atoms. The second-order valence-corrected chi connectivity index (χ2v) is 9.23. The van der Waals surface area contributed by atoms with Crippen molar-refractivity contribution in [2.24, 2.45) is 0 Å². The van der Waals surface area contributed by atoms with Crippen LogP contribution < -0.4 is 29.0 Å². The number of benzene rings is 2. The number of hydrogen-bond acceptors (Lipinski definition) is 8. The van der Waals surface area contributed by atoms with Gasteiger partial charge in [-0.1, -0.05) is 49.3 Å². The molecule has 0 saturated heterocycles. The summed E-state index contributed by atoms with van der Waals surface area (Å²) in [6.45, 7) is 5.27. The number of ether oxygens (including phenoxy) is 4. The van der Waals surface area contributed by atoms with Gasteiger partial charge in [-0.05, 0) is 60.9 Å². The maximum Gasteiger partial charge on any atom is 0.291 e. The van der Waals surface area contributed by atoms with Crippen molar-refractivity contribution in [2.75, 3.05) is 27.4 Å². The third kappa shape index (κ3) is 6.29. The molecule has 0 fully saturated rings. The summed E-state index contributed by atoms with van der Waals surface area (Å²) in [5.74, 6) is 3.12. The zero-order valence-electron chi connectivity index (χ0n) is 21.5. The summed E-state index contributed by atoms with van der Waals surface area (Å²) in [4.78, 5) is 18.0. The number of nitrogens with zero attached hydrogens (tertiary/aromatic N) is 3. The zero-order chi connectivity index (χ0) is 26.2. The fourth-order valence-corrected chi connectivity index (χ4v) is 4.65. The highest BCUT2D eigenvalue weighted by Gasteiger charge is 2.11. The number of thiazole rings is 1. The van der Waals surface area contributed by atoms with E-state index in [1.165, 1.54) is 15.9 Å². The molecule has 8 nitrogen and oxygen atoms in total. The van der Waals surface area contributed by atoms with E-state index in [9.17, 15) is 4.79 Å². The Morgan fingerprint density at radius 2 is 1.65 bits per heavy atom. The molecule has 2 heterocycles. The quantitative estimate of drug-likeness (QED) is 0.246. The molecule has 9 heteroatoms. The summed E-state index contributed by atoms with van der Waals surface area (Å²) in [7, 11) is 3.19. The predicted octanol–water partition coefficient (Wildman–Crippen LogP) is 4.85. The van der Waals surface area contributed by atoms with Crippen LogP contribution in [0.3, 0.4) is 0 Å². The molecule has 0 aliphatic heterocycles. The van der Waals surface area contributed by atoms with Crippen LogP contribution >= 0.6 is 11.3 Å². The Bertz CT molecular complexity index is 1490. The molecular formula is C28H31N3O5S.